The van der Waals surface area contributed by atoms with E-state index in [-0.39, 0.29) is 30.9 Å². The molecule has 1 aromatic rings. The third-order valence-corrected chi connectivity index (χ3v) is 5.21. The molecule has 0 radical (unpaired) electrons. The second-order valence-corrected chi connectivity index (χ2v) is 7.24. The molecule has 3 rings (SSSR count). The van der Waals surface area contributed by atoms with Crippen molar-refractivity contribution >= 4 is 29.4 Å². The zero-order valence-corrected chi connectivity index (χ0v) is 15.5. The van der Waals surface area contributed by atoms with Crippen LogP contribution in [0.15, 0.2) is 24.3 Å². The number of halogens is 1. The third-order valence-electron chi connectivity index (χ3n) is 4.84. The number of amides is 4. The summed E-state index contributed by atoms with van der Waals surface area (Å²) in [5.41, 5.74) is 1.10. The Morgan fingerprint density at radius 3 is 2.54 bits per heavy atom. The van der Waals surface area contributed by atoms with Gasteiger partial charge >= 0.3 is 6.03 Å². The van der Waals surface area contributed by atoms with Crippen LogP contribution in [0.2, 0.25) is 5.02 Å². The predicted octanol–water partition coefficient (Wildman–Crippen LogP) is 1.31. The highest BCUT2D eigenvalue weighted by Crippen LogP contribution is 2.19. The molecule has 0 spiro atoms. The lowest BCUT2D eigenvalue weighted by molar-refractivity contribution is -0.131. The molecule has 0 unspecified atom stereocenters. The van der Waals surface area contributed by atoms with E-state index in [0.717, 1.165) is 48.0 Å². The molecule has 0 aromatic heterocycles. The second kappa shape index (κ2) is 8.05. The molecule has 2 saturated heterocycles. The second-order valence-electron chi connectivity index (χ2n) is 6.83. The van der Waals surface area contributed by atoms with E-state index in [4.69, 9.17) is 11.6 Å². The molecule has 140 valence electrons. The van der Waals surface area contributed by atoms with Crippen molar-refractivity contribution in [2.24, 2.45) is 0 Å². The summed E-state index contributed by atoms with van der Waals surface area (Å²) in [5.74, 6) is -0.617. The van der Waals surface area contributed by atoms with Gasteiger partial charge < -0.3 is 10.2 Å². The van der Waals surface area contributed by atoms with Gasteiger partial charge in [0, 0.05) is 37.7 Å². The van der Waals surface area contributed by atoms with E-state index in [1.54, 1.807) is 7.05 Å². The lowest BCUT2D eigenvalue weighted by Crippen LogP contribution is -2.48. The first-order valence-corrected chi connectivity index (χ1v) is 9.12. The van der Waals surface area contributed by atoms with Gasteiger partial charge in [0.2, 0.25) is 5.91 Å². The Hall–Kier alpha value is -2.12. The monoisotopic (exact) mass is 378 g/mol. The molecule has 1 aromatic carbocycles. The van der Waals surface area contributed by atoms with Gasteiger partial charge in [-0.2, -0.15) is 0 Å². The number of nitrogens with one attached hydrogen (secondary N) is 1. The first-order valence-electron chi connectivity index (χ1n) is 8.74. The number of nitrogens with zero attached hydrogens (tertiary/aromatic N) is 3. The summed E-state index contributed by atoms with van der Waals surface area (Å²) in [6.45, 7) is 2.35. The van der Waals surface area contributed by atoms with Crippen molar-refractivity contribution in [2.45, 2.75) is 25.4 Å². The minimum Gasteiger partial charge on any atom is -0.352 e. The molecule has 2 heterocycles. The predicted molar refractivity (Wildman–Crippen MR) is 97.6 cm³/mol. The number of urea groups is 1. The van der Waals surface area contributed by atoms with E-state index < -0.39 is 6.03 Å². The van der Waals surface area contributed by atoms with Crippen LogP contribution in [-0.4, -0.2) is 71.8 Å². The zero-order valence-electron chi connectivity index (χ0n) is 14.8. The first kappa shape index (κ1) is 18.7. The molecule has 4 amide bonds. The number of rotatable bonds is 5. The molecule has 0 saturated carbocycles. The number of carbonyl (C=O) groups excluding carboxylic acids is 3. The van der Waals surface area contributed by atoms with E-state index in [9.17, 15) is 14.4 Å². The van der Waals surface area contributed by atoms with Crippen LogP contribution in [0, 0.1) is 0 Å². The highest BCUT2D eigenvalue weighted by molar-refractivity contribution is 6.31. The Kier molecular flexibility index (Phi) is 5.78. The molecular weight excluding hydrogens is 356 g/mol. The number of carbonyl (C=O) groups is 3. The molecule has 2 aliphatic heterocycles. The van der Waals surface area contributed by atoms with Crippen LogP contribution in [-0.2, 0) is 16.1 Å². The van der Waals surface area contributed by atoms with Crippen LogP contribution in [0.5, 0.6) is 0 Å². The number of imide groups is 1. The van der Waals surface area contributed by atoms with Crippen LogP contribution < -0.4 is 5.32 Å². The maximum Gasteiger partial charge on any atom is 0.327 e. The van der Waals surface area contributed by atoms with Gasteiger partial charge in [-0.05, 0) is 24.5 Å². The maximum absolute atomic E-state index is 12.2. The number of hydrogen-bond acceptors (Lipinski definition) is 4. The molecule has 0 bridgehead atoms. The molecule has 0 aliphatic carbocycles. The molecular formula is C18H23ClN4O3. The summed E-state index contributed by atoms with van der Waals surface area (Å²) < 4.78 is 0. The van der Waals surface area contributed by atoms with E-state index in [1.807, 2.05) is 24.3 Å². The summed E-state index contributed by atoms with van der Waals surface area (Å²) >= 11 is 6.21. The summed E-state index contributed by atoms with van der Waals surface area (Å²) in [4.78, 5) is 40.4. The van der Waals surface area contributed by atoms with Crippen LogP contribution >= 0.6 is 11.6 Å². The quantitative estimate of drug-likeness (QED) is 0.784. The average Bonchev–Trinajstić information content (AvgIpc) is 2.85. The Morgan fingerprint density at radius 1 is 1.23 bits per heavy atom. The van der Waals surface area contributed by atoms with Gasteiger partial charge in [-0.25, -0.2) is 4.79 Å². The van der Waals surface area contributed by atoms with Crippen LogP contribution in [0.4, 0.5) is 4.79 Å². The van der Waals surface area contributed by atoms with Gasteiger partial charge in [0.25, 0.3) is 5.91 Å². The smallest absolute Gasteiger partial charge is 0.327 e. The van der Waals surface area contributed by atoms with Gasteiger partial charge in [-0.1, -0.05) is 29.8 Å². The number of likely N-dealkylation sites (N-methyl/N-ethyl adjacent to an activating group) is 1. The summed E-state index contributed by atoms with van der Waals surface area (Å²) in [7, 11) is 1.55. The van der Waals surface area contributed by atoms with Crippen molar-refractivity contribution in [1.82, 2.24) is 20.0 Å². The summed E-state index contributed by atoms with van der Waals surface area (Å²) in [5, 5.41) is 3.71. The van der Waals surface area contributed by atoms with E-state index >= 15 is 0 Å². The average molecular weight is 379 g/mol. The van der Waals surface area contributed by atoms with Crippen LogP contribution in [0.3, 0.4) is 0 Å². The summed E-state index contributed by atoms with van der Waals surface area (Å²) in [6, 6.07) is 7.46. The Morgan fingerprint density at radius 2 is 1.92 bits per heavy atom. The SMILES string of the molecule is CN1CC(=O)N(CC(=O)NC2CCN(Cc3ccccc3Cl)CC2)C1=O. The van der Waals surface area contributed by atoms with Gasteiger partial charge in [-0.3, -0.25) is 19.4 Å². The van der Waals surface area contributed by atoms with E-state index in [2.05, 4.69) is 10.2 Å². The van der Waals surface area contributed by atoms with Gasteiger partial charge in [0.1, 0.15) is 13.1 Å². The molecule has 26 heavy (non-hydrogen) atoms. The number of hydrogen-bond donors (Lipinski definition) is 1. The number of benzene rings is 1. The lowest BCUT2D eigenvalue weighted by atomic mass is 10.0. The molecule has 2 fully saturated rings. The van der Waals surface area contributed by atoms with Crippen molar-refractivity contribution in [3.05, 3.63) is 34.9 Å². The largest absolute Gasteiger partial charge is 0.352 e. The van der Waals surface area contributed by atoms with Crippen LogP contribution in [0.1, 0.15) is 18.4 Å². The highest BCUT2D eigenvalue weighted by Gasteiger charge is 2.35. The van der Waals surface area contributed by atoms with E-state index in [1.165, 1.54) is 4.90 Å². The van der Waals surface area contributed by atoms with Crippen molar-refractivity contribution in [3.8, 4) is 0 Å². The fourth-order valence-electron chi connectivity index (χ4n) is 3.34. The zero-order chi connectivity index (χ0) is 18.7. The molecule has 7 nitrogen and oxygen atoms in total. The molecule has 1 N–H and O–H groups in total. The highest BCUT2D eigenvalue weighted by atomic mass is 35.5. The third kappa shape index (κ3) is 4.34. The van der Waals surface area contributed by atoms with Crippen molar-refractivity contribution in [2.75, 3.05) is 33.2 Å². The molecule has 8 heteroatoms. The normalized spacial score (nSPS) is 19.3. The fraction of sp³-hybridized carbons (Fsp3) is 0.500. The lowest BCUT2D eigenvalue weighted by Gasteiger charge is -2.32. The minimum absolute atomic E-state index is 0.0343. The van der Waals surface area contributed by atoms with Crippen LogP contribution in [0.25, 0.3) is 0 Å². The van der Waals surface area contributed by atoms with Gasteiger partial charge in [0.05, 0.1) is 0 Å². The fourth-order valence-corrected chi connectivity index (χ4v) is 3.54. The van der Waals surface area contributed by atoms with Crippen molar-refractivity contribution in [3.63, 3.8) is 0 Å². The number of likely N-dealkylation sites (tertiary alicyclic amines) is 1. The van der Waals surface area contributed by atoms with Gasteiger partial charge in [0.15, 0.2) is 0 Å². The standard InChI is InChI=1S/C18H23ClN4O3/c1-21-12-17(25)23(18(21)26)11-16(24)20-14-6-8-22(9-7-14)10-13-4-2-3-5-15(13)19/h2-5,14H,6-12H2,1H3,(H,20,24). The van der Waals surface area contributed by atoms with Gasteiger partial charge in [-0.15, -0.1) is 0 Å². The Labute approximate surface area is 157 Å². The Bertz CT molecular complexity index is 703. The minimum atomic E-state index is -0.417. The molecule has 2 aliphatic rings. The van der Waals surface area contributed by atoms with Crippen molar-refractivity contribution < 1.29 is 14.4 Å². The topological polar surface area (TPSA) is 73.0 Å². The van der Waals surface area contributed by atoms with E-state index in [0.29, 0.717) is 0 Å². The first-order chi connectivity index (χ1) is 12.4. The maximum atomic E-state index is 12.2. The van der Waals surface area contributed by atoms with Crippen molar-refractivity contribution in [1.29, 1.82) is 0 Å². The summed E-state index contributed by atoms with van der Waals surface area (Å²) in [6.07, 6.45) is 1.66. The Balaban J connectivity index is 1.44. The molecule has 0 atom stereocenters. The number of piperidine rings is 1.